The van der Waals surface area contributed by atoms with Gasteiger partial charge in [-0.2, -0.15) is 0 Å². The number of ketones is 2. The van der Waals surface area contributed by atoms with Crippen LogP contribution in [0.4, 0.5) is 0 Å². The quantitative estimate of drug-likeness (QED) is 0.142. The van der Waals surface area contributed by atoms with E-state index in [0.717, 1.165) is 50.5 Å². The average Bonchev–Trinajstić information content (AvgIpc) is 3.74. The molecular formula is C47H67NO8. The van der Waals surface area contributed by atoms with Crippen molar-refractivity contribution in [1.82, 2.24) is 5.32 Å². The van der Waals surface area contributed by atoms with Crippen LogP contribution < -0.4 is 5.32 Å². The van der Waals surface area contributed by atoms with Crippen molar-refractivity contribution < 1.29 is 37.9 Å². The Morgan fingerprint density at radius 2 is 1.62 bits per heavy atom. The van der Waals surface area contributed by atoms with E-state index in [9.17, 15) is 24.0 Å². The lowest BCUT2D eigenvalue weighted by Crippen LogP contribution is -2.67. The molecule has 1 aromatic heterocycles. The van der Waals surface area contributed by atoms with Crippen LogP contribution >= 0.6 is 0 Å². The summed E-state index contributed by atoms with van der Waals surface area (Å²) in [5.41, 5.74) is 0.173. The molecule has 0 spiro atoms. The maximum atomic E-state index is 14.3. The molecule has 1 N–H and O–H groups in total. The molecule has 6 aliphatic rings. The van der Waals surface area contributed by atoms with Crippen LogP contribution in [0.3, 0.4) is 0 Å². The number of Topliss-reactive ketones (excluding diaryl/α,β-unsaturated/α-hetero) is 2. The van der Waals surface area contributed by atoms with Crippen LogP contribution in [-0.4, -0.2) is 47.7 Å². The third-order valence-electron chi connectivity index (χ3n) is 17.7. The molecule has 0 aliphatic heterocycles. The molecule has 6 aliphatic carbocycles. The molecule has 9 heteroatoms. The highest BCUT2D eigenvalue weighted by atomic mass is 16.6. The molecule has 0 saturated heterocycles. The Morgan fingerprint density at radius 3 is 2.25 bits per heavy atom. The number of hydrogen-bond acceptors (Lipinski definition) is 8. The number of fused-ring (bicyclic) bond motifs is 7. The summed E-state index contributed by atoms with van der Waals surface area (Å²) in [5, 5.41) is 3.49. The molecule has 308 valence electrons. The lowest BCUT2D eigenvalue weighted by Gasteiger charge is -2.72. The lowest BCUT2D eigenvalue weighted by atomic mass is 9.33. The zero-order chi connectivity index (χ0) is 41.0. The van der Waals surface area contributed by atoms with Crippen LogP contribution in [0.25, 0.3) is 0 Å². The van der Waals surface area contributed by atoms with Crippen LogP contribution in [0.1, 0.15) is 157 Å². The molecule has 1 aromatic rings. The van der Waals surface area contributed by atoms with Crippen molar-refractivity contribution in [3.63, 3.8) is 0 Å². The van der Waals surface area contributed by atoms with E-state index in [2.05, 4.69) is 53.8 Å². The van der Waals surface area contributed by atoms with E-state index >= 15 is 0 Å². The highest BCUT2D eigenvalue weighted by molar-refractivity contribution is 6.03. The van der Waals surface area contributed by atoms with Crippen molar-refractivity contribution in [2.24, 2.45) is 62.1 Å². The van der Waals surface area contributed by atoms with Gasteiger partial charge in [-0.1, -0.05) is 76.2 Å². The first-order valence-corrected chi connectivity index (χ1v) is 21.5. The maximum Gasteiger partial charge on any atom is 0.310 e. The Bertz CT molecular complexity index is 1820. The zero-order valence-electron chi connectivity index (χ0n) is 35.9. The number of carbonyl (C=O) groups is 5. The Hall–Kier alpha value is -3.23. The third-order valence-corrected chi connectivity index (χ3v) is 17.7. The standard InChI is InChI=1S/C47H67NO8/c1-27(2)37-32(51)24-47(48-40(53)41(3,4)23-31(50)28-16-21-54-25-28)20-19-45(10)29(38(37)47)12-13-34-44(9)17-15-35(43(7,8)33(44)14-18-46(34,45)11)56-39(52)30-22-36(55-26-49)42(30,5)6/h16,21,25-27,29-30,33-36H,12-15,17-20,22-24H2,1-11H3,(H,48,53)/t29-,30-,33+,34-,35+,36-,44+,45-,46-,47-/m1/s1. The fourth-order valence-corrected chi connectivity index (χ4v) is 14.1. The molecule has 0 bridgehead atoms. The summed E-state index contributed by atoms with van der Waals surface area (Å²) in [7, 11) is 0. The smallest absolute Gasteiger partial charge is 0.310 e. The number of allylic oxidation sites excluding steroid dienone is 1. The van der Waals surface area contributed by atoms with E-state index in [4.69, 9.17) is 13.9 Å². The monoisotopic (exact) mass is 773 g/mol. The van der Waals surface area contributed by atoms with E-state index in [1.807, 2.05) is 27.7 Å². The van der Waals surface area contributed by atoms with Gasteiger partial charge in [0.1, 0.15) is 18.5 Å². The van der Waals surface area contributed by atoms with Gasteiger partial charge in [0.2, 0.25) is 5.91 Å². The summed E-state index contributed by atoms with van der Waals surface area (Å²) in [5.74, 6) is 0.440. The summed E-state index contributed by atoms with van der Waals surface area (Å²) in [6.45, 7) is 24.5. The summed E-state index contributed by atoms with van der Waals surface area (Å²) in [4.78, 5) is 66.2. The topological polar surface area (TPSA) is 129 Å². The predicted octanol–water partition coefficient (Wildman–Crippen LogP) is 9.23. The second-order valence-corrected chi connectivity index (χ2v) is 21.8. The molecule has 5 fully saturated rings. The maximum absolute atomic E-state index is 14.3. The summed E-state index contributed by atoms with van der Waals surface area (Å²) in [6, 6.07) is 1.63. The van der Waals surface area contributed by atoms with Gasteiger partial charge in [0, 0.05) is 23.7 Å². The number of ether oxygens (including phenoxy) is 2. The Morgan fingerprint density at radius 1 is 0.911 bits per heavy atom. The number of amides is 1. The number of carbonyl (C=O) groups excluding carboxylic acids is 5. The second-order valence-electron chi connectivity index (χ2n) is 21.8. The van der Waals surface area contributed by atoms with Gasteiger partial charge in [0.05, 0.1) is 28.7 Å². The van der Waals surface area contributed by atoms with E-state index in [1.54, 1.807) is 6.07 Å². The van der Waals surface area contributed by atoms with Crippen molar-refractivity contribution in [3.05, 3.63) is 35.3 Å². The van der Waals surface area contributed by atoms with Crippen LogP contribution in [0.5, 0.6) is 0 Å². The highest BCUT2D eigenvalue weighted by Gasteiger charge is 2.70. The summed E-state index contributed by atoms with van der Waals surface area (Å²) < 4.78 is 16.9. The number of esters is 1. The first-order chi connectivity index (χ1) is 26.0. The normalized spacial score (nSPS) is 39.7. The van der Waals surface area contributed by atoms with Gasteiger partial charge in [-0.25, -0.2) is 0 Å². The molecule has 10 atom stereocenters. The third kappa shape index (κ3) is 5.84. The van der Waals surface area contributed by atoms with Gasteiger partial charge in [0.25, 0.3) is 6.47 Å². The van der Waals surface area contributed by atoms with Crippen molar-refractivity contribution in [1.29, 1.82) is 0 Å². The molecule has 0 aromatic carbocycles. The number of nitrogens with one attached hydrogen (secondary N) is 1. The van der Waals surface area contributed by atoms with Crippen molar-refractivity contribution in [3.8, 4) is 0 Å². The molecule has 0 radical (unpaired) electrons. The Balaban J connectivity index is 1.14. The average molecular weight is 774 g/mol. The summed E-state index contributed by atoms with van der Waals surface area (Å²) >= 11 is 0. The fraction of sp³-hybridized carbons (Fsp3) is 0.766. The van der Waals surface area contributed by atoms with Crippen LogP contribution in [0.2, 0.25) is 0 Å². The van der Waals surface area contributed by atoms with E-state index in [1.165, 1.54) is 18.1 Å². The first-order valence-electron chi connectivity index (χ1n) is 21.5. The van der Waals surface area contributed by atoms with Gasteiger partial charge in [-0.05, 0) is 115 Å². The molecule has 0 unspecified atom stereocenters. The largest absolute Gasteiger partial charge is 0.472 e. The molecule has 56 heavy (non-hydrogen) atoms. The van der Waals surface area contributed by atoms with E-state index in [-0.39, 0.29) is 87.9 Å². The van der Waals surface area contributed by atoms with Crippen LogP contribution in [-0.2, 0) is 28.7 Å². The van der Waals surface area contributed by atoms with E-state index in [0.29, 0.717) is 36.7 Å². The number of rotatable bonds is 10. The highest BCUT2D eigenvalue weighted by Crippen LogP contribution is 2.76. The minimum absolute atomic E-state index is 0.0114. The predicted molar refractivity (Wildman–Crippen MR) is 212 cm³/mol. The van der Waals surface area contributed by atoms with Gasteiger partial charge in [-0.3, -0.25) is 24.0 Å². The lowest BCUT2D eigenvalue weighted by molar-refractivity contribution is -0.236. The van der Waals surface area contributed by atoms with Crippen LogP contribution in [0, 0.1) is 62.1 Å². The van der Waals surface area contributed by atoms with Crippen LogP contribution in [0.15, 0.2) is 34.2 Å². The molecule has 5 saturated carbocycles. The van der Waals surface area contributed by atoms with Crippen molar-refractivity contribution in [2.75, 3.05) is 0 Å². The molecule has 7 rings (SSSR count). The molecule has 9 nitrogen and oxygen atoms in total. The van der Waals surface area contributed by atoms with Gasteiger partial charge >= 0.3 is 5.97 Å². The molecular weight excluding hydrogens is 707 g/mol. The summed E-state index contributed by atoms with van der Waals surface area (Å²) in [6.07, 6.45) is 10.9. The number of furan rings is 1. The zero-order valence-corrected chi connectivity index (χ0v) is 35.9. The fourth-order valence-electron chi connectivity index (χ4n) is 14.1. The van der Waals surface area contributed by atoms with Gasteiger partial charge in [0.15, 0.2) is 11.6 Å². The van der Waals surface area contributed by atoms with E-state index < -0.39 is 16.4 Å². The van der Waals surface area contributed by atoms with Gasteiger partial charge in [-0.15, -0.1) is 0 Å². The SMILES string of the molecule is CC(C)C1=C2[C@H]3CC[C@@H]4[C@@]5(C)CC[C@H](OC(=O)[C@H]6C[C@@H](OC=O)C6(C)C)C(C)(C)[C@@H]5CC[C@@]4(C)[C@]3(C)CC[C@@]2(NC(=O)C(C)(C)CC(=O)c2ccoc2)CC1=O. The van der Waals surface area contributed by atoms with Crippen molar-refractivity contribution >= 4 is 29.9 Å². The minimum Gasteiger partial charge on any atom is -0.472 e. The first kappa shape index (κ1) is 40.9. The Kier molecular flexibility index (Phi) is 9.80. The van der Waals surface area contributed by atoms with Gasteiger partial charge < -0.3 is 19.2 Å². The Labute approximate surface area is 334 Å². The van der Waals surface area contributed by atoms with Crippen molar-refractivity contribution in [2.45, 2.75) is 165 Å². The second kappa shape index (κ2) is 13.4. The molecule has 1 heterocycles. The minimum atomic E-state index is -0.976. The number of hydrogen-bond donors (Lipinski definition) is 1. The molecule has 1 amide bonds.